The van der Waals surface area contributed by atoms with E-state index >= 15 is 0 Å². The second-order valence-corrected chi connectivity index (χ2v) is 6.23. The minimum atomic E-state index is -0.459. The van der Waals surface area contributed by atoms with Crippen LogP contribution in [0.4, 0.5) is 14.9 Å². The standard InChI is InChI=1S/C14H10BrFN4O2S/c15-9-6-8(16)3-4-10(9)18-14(21)17-7-12-19-13(22-20-12)11-2-1-5-23-11/h1-6H,7H2,(H2,17,18,21). The molecule has 0 saturated heterocycles. The maximum absolute atomic E-state index is 13.0. The molecule has 3 rings (SSSR count). The van der Waals surface area contributed by atoms with Gasteiger partial charge in [-0.15, -0.1) is 11.3 Å². The Balaban J connectivity index is 1.57. The molecule has 0 aliphatic carbocycles. The Kier molecular flexibility index (Phi) is 4.68. The van der Waals surface area contributed by atoms with Gasteiger partial charge in [0.25, 0.3) is 5.89 Å². The van der Waals surface area contributed by atoms with Gasteiger partial charge >= 0.3 is 6.03 Å². The third kappa shape index (κ3) is 3.93. The van der Waals surface area contributed by atoms with Crippen molar-refractivity contribution in [1.82, 2.24) is 15.5 Å². The molecular formula is C14H10BrFN4O2S. The monoisotopic (exact) mass is 396 g/mol. The van der Waals surface area contributed by atoms with Crippen LogP contribution in [0.15, 0.2) is 44.7 Å². The quantitative estimate of drug-likeness (QED) is 0.697. The van der Waals surface area contributed by atoms with Crippen LogP contribution in [0.2, 0.25) is 0 Å². The summed E-state index contributed by atoms with van der Waals surface area (Å²) < 4.78 is 18.6. The van der Waals surface area contributed by atoms with E-state index in [0.717, 1.165) is 4.88 Å². The number of halogens is 2. The molecule has 2 N–H and O–H groups in total. The zero-order chi connectivity index (χ0) is 16.2. The fourth-order valence-corrected chi connectivity index (χ4v) is 2.84. The van der Waals surface area contributed by atoms with Gasteiger partial charge in [0.1, 0.15) is 5.82 Å². The number of anilines is 1. The molecule has 0 atom stereocenters. The normalized spacial score (nSPS) is 10.5. The first-order chi connectivity index (χ1) is 11.1. The van der Waals surface area contributed by atoms with E-state index in [1.807, 2.05) is 17.5 Å². The smallest absolute Gasteiger partial charge is 0.319 e. The molecule has 2 aromatic heterocycles. The molecule has 0 bridgehead atoms. The maximum Gasteiger partial charge on any atom is 0.319 e. The Morgan fingerprint density at radius 1 is 1.39 bits per heavy atom. The summed E-state index contributed by atoms with van der Waals surface area (Å²) in [6.45, 7) is 0.111. The Bertz CT molecular complexity index is 822. The number of benzene rings is 1. The Hall–Kier alpha value is -2.26. The Morgan fingerprint density at radius 3 is 3.00 bits per heavy atom. The molecule has 9 heteroatoms. The van der Waals surface area contributed by atoms with Crippen molar-refractivity contribution >= 4 is 39.0 Å². The average molecular weight is 397 g/mol. The van der Waals surface area contributed by atoms with Gasteiger partial charge in [-0.1, -0.05) is 11.2 Å². The fraction of sp³-hybridized carbons (Fsp3) is 0.0714. The lowest BCUT2D eigenvalue weighted by Gasteiger charge is -2.07. The molecule has 118 valence electrons. The van der Waals surface area contributed by atoms with Crippen LogP contribution < -0.4 is 10.6 Å². The molecule has 6 nitrogen and oxygen atoms in total. The molecular weight excluding hydrogens is 387 g/mol. The SMILES string of the molecule is O=C(NCc1noc(-c2cccs2)n1)Nc1ccc(F)cc1Br. The van der Waals surface area contributed by atoms with Crippen LogP contribution in [0.25, 0.3) is 10.8 Å². The van der Waals surface area contributed by atoms with Gasteiger partial charge in [-0.05, 0) is 45.6 Å². The van der Waals surface area contributed by atoms with Crippen LogP contribution in [0.1, 0.15) is 5.82 Å². The van der Waals surface area contributed by atoms with Crippen molar-refractivity contribution in [3.8, 4) is 10.8 Å². The predicted molar refractivity (Wildman–Crippen MR) is 87.6 cm³/mol. The van der Waals surface area contributed by atoms with Crippen molar-refractivity contribution in [3.05, 3.63) is 51.8 Å². The highest BCUT2D eigenvalue weighted by Gasteiger charge is 2.11. The van der Waals surface area contributed by atoms with Gasteiger partial charge in [0.2, 0.25) is 0 Å². The van der Waals surface area contributed by atoms with Gasteiger partial charge in [0.05, 0.1) is 17.1 Å². The van der Waals surface area contributed by atoms with Crippen molar-refractivity contribution in [2.75, 3.05) is 5.32 Å². The number of carbonyl (C=O) groups excluding carboxylic acids is 1. The molecule has 0 radical (unpaired) electrons. The summed E-state index contributed by atoms with van der Waals surface area (Å²) in [7, 11) is 0. The summed E-state index contributed by atoms with van der Waals surface area (Å²) in [5.41, 5.74) is 0.455. The van der Waals surface area contributed by atoms with E-state index in [2.05, 4.69) is 36.7 Å². The molecule has 0 aliphatic heterocycles. The van der Waals surface area contributed by atoms with Gasteiger partial charge in [0.15, 0.2) is 5.82 Å². The number of aromatic nitrogens is 2. The first-order valence-corrected chi connectivity index (χ1v) is 8.15. The van der Waals surface area contributed by atoms with E-state index in [0.29, 0.717) is 21.9 Å². The van der Waals surface area contributed by atoms with Gasteiger partial charge in [0, 0.05) is 4.47 Å². The molecule has 0 fully saturated rings. The second-order valence-electron chi connectivity index (χ2n) is 4.42. The third-order valence-corrected chi connectivity index (χ3v) is 4.30. The molecule has 0 aliphatic rings. The molecule has 3 aromatic rings. The number of carbonyl (C=O) groups is 1. The minimum Gasteiger partial charge on any atom is -0.333 e. The van der Waals surface area contributed by atoms with E-state index in [9.17, 15) is 9.18 Å². The number of amides is 2. The van der Waals surface area contributed by atoms with Crippen molar-refractivity contribution in [3.63, 3.8) is 0 Å². The lowest BCUT2D eigenvalue weighted by Crippen LogP contribution is -2.28. The van der Waals surface area contributed by atoms with E-state index in [1.54, 1.807) is 0 Å². The van der Waals surface area contributed by atoms with Gasteiger partial charge in [-0.2, -0.15) is 4.98 Å². The van der Waals surface area contributed by atoms with Crippen LogP contribution in [0.3, 0.4) is 0 Å². The highest BCUT2D eigenvalue weighted by atomic mass is 79.9. The zero-order valence-electron chi connectivity index (χ0n) is 11.5. The molecule has 0 unspecified atom stereocenters. The lowest BCUT2D eigenvalue weighted by atomic mass is 10.3. The van der Waals surface area contributed by atoms with Crippen LogP contribution in [-0.4, -0.2) is 16.2 Å². The Morgan fingerprint density at radius 2 is 2.26 bits per heavy atom. The zero-order valence-corrected chi connectivity index (χ0v) is 13.9. The molecule has 23 heavy (non-hydrogen) atoms. The molecule has 2 heterocycles. The highest BCUT2D eigenvalue weighted by Crippen LogP contribution is 2.23. The molecule has 2 amide bonds. The van der Waals surface area contributed by atoms with Crippen LogP contribution in [0, 0.1) is 5.82 Å². The first-order valence-electron chi connectivity index (χ1n) is 6.48. The lowest BCUT2D eigenvalue weighted by molar-refractivity contribution is 0.251. The van der Waals surface area contributed by atoms with Gasteiger partial charge in [-0.3, -0.25) is 0 Å². The highest BCUT2D eigenvalue weighted by molar-refractivity contribution is 9.10. The van der Waals surface area contributed by atoms with Crippen LogP contribution in [0.5, 0.6) is 0 Å². The number of hydrogen-bond acceptors (Lipinski definition) is 5. The van der Waals surface area contributed by atoms with Crippen molar-refractivity contribution < 1.29 is 13.7 Å². The average Bonchev–Trinajstić information content (AvgIpc) is 3.18. The third-order valence-electron chi connectivity index (χ3n) is 2.79. The van der Waals surface area contributed by atoms with Gasteiger partial charge in [-0.25, -0.2) is 9.18 Å². The van der Waals surface area contributed by atoms with Gasteiger partial charge < -0.3 is 15.2 Å². The summed E-state index contributed by atoms with van der Waals surface area (Å²) in [6.07, 6.45) is 0. The van der Waals surface area contributed by atoms with E-state index < -0.39 is 11.8 Å². The predicted octanol–water partition coefficient (Wildman–Crippen LogP) is 4.02. The number of thiophene rings is 1. The summed E-state index contributed by atoms with van der Waals surface area (Å²) >= 11 is 4.66. The summed E-state index contributed by atoms with van der Waals surface area (Å²) in [5, 5.41) is 10.9. The number of nitrogens with one attached hydrogen (secondary N) is 2. The summed E-state index contributed by atoms with van der Waals surface area (Å²) in [5.74, 6) is 0.385. The van der Waals surface area contributed by atoms with Crippen molar-refractivity contribution in [2.45, 2.75) is 6.54 Å². The van der Waals surface area contributed by atoms with Crippen LogP contribution in [-0.2, 0) is 6.54 Å². The number of urea groups is 1. The summed E-state index contributed by atoms with van der Waals surface area (Å²) in [4.78, 5) is 16.9. The first kappa shape index (κ1) is 15.6. The summed E-state index contributed by atoms with van der Waals surface area (Å²) in [6, 6.07) is 7.28. The Labute approximate surface area is 142 Å². The molecule has 0 spiro atoms. The number of hydrogen-bond donors (Lipinski definition) is 2. The minimum absolute atomic E-state index is 0.111. The topological polar surface area (TPSA) is 80.1 Å². The molecule has 1 aromatic carbocycles. The largest absolute Gasteiger partial charge is 0.333 e. The van der Waals surface area contributed by atoms with Crippen molar-refractivity contribution in [1.29, 1.82) is 0 Å². The fourth-order valence-electron chi connectivity index (χ4n) is 1.74. The maximum atomic E-state index is 13.0. The number of nitrogens with zero attached hydrogens (tertiary/aromatic N) is 2. The van der Waals surface area contributed by atoms with Crippen LogP contribution >= 0.6 is 27.3 Å². The van der Waals surface area contributed by atoms with E-state index in [1.165, 1.54) is 29.5 Å². The molecule has 0 saturated carbocycles. The van der Waals surface area contributed by atoms with Crippen molar-refractivity contribution in [2.24, 2.45) is 0 Å². The van der Waals surface area contributed by atoms with E-state index in [4.69, 9.17) is 4.52 Å². The van der Waals surface area contributed by atoms with E-state index in [-0.39, 0.29) is 6.54 Å². The number of rotatable bonds is 4. The second kappa shape index (κ2) is 6.88.